The number of amides is 1. The third-order valence-electron chi connectivity index (χ3n) is 5.72. The summed E-state index contributed by atoms with van der Waals surface area (Å²) in [5.74, 6) is -1.85. The Balaban J connectivity index is 1.60. The predicted octanol–water partition coefficient (Wildman–Crippen LogP) is 4.92. The van der Waals surface area contributed by atoms with Crippen LogP contribution in [0.3, 0.4) is 0 Å². The zero-order valence-electron chi connectivity index (χ0n) is 21.5. The van der Waals surface area contributed by atoms with Gasteiger partial charge in [-0.25, -0.2) is 14.6 Å². The van der Waals surface area contributed by atoms with Crippen molar-refractivity contribution in [2.24, 2.45) is 0 Å². The van der Waals surface area contributed by atoms with Gasteiger partial charge >= 0.3 is 11.9 Å². The summed E-state index contributed by atoms with van der Waals surface area (Å²) < 4.78 is 11.0. The zero-order valence-corrected chi connectivity index (χ0v) is 23.1. The highest BCUT2D eigenvalue weighted by Gasteiger charge is 2.19. The first-order valence-corrected chi connectivity index (χ1v) is 13.6. The van der Waals surface area contributed by atoms with Gasteiger partial charge in [0.2, 0.25) is 5.91 Å². The van der Waals surface area contributed by atoms with Gasteiger partial charge in [0.1, 0.15) is 4.83 Å². The molecule has 1 amide bonds. The first-order chi connectivity index (χ1) is 18.7. The van der Waals surface area contributed by atoms with Crippen LogP contribution in [0, 0.1) is 6.92 Å². The number of nitrogens with one attached hydrogen (secondary N) is 1. The van der Waals surface area contributed by atoms with Crippen LogP contribution in [-0.2, 0) is 20.8 Å². The third-order valence-corrected chi connectivity index (χ3v) is 7.57. The molecular weight excluding hydrogens is 538 g/mol. The number of thioether (sulfide) groups is 1. The van der Waals surface area contributed by atoms with E-state index >= 15 is 0 Å². The monoisotopic (exact) mass is 563 g/mol. The molecule has 2 heterocycles. The highest BCUT2D eigenvalue weighted by atomic mass is 32.2. The second-order valence-corrected chi connectivity index (χ2v) is 10.2. The Hall–Kier alpha value is -4.22. The van der Waals surface area contributed by atoms with Crippen LogP contribution in [0.15, 0.2) is 70.5 Å². The van der Waals surface area contributed by atoms with Crippen LogP contribution < -0.4 is 10.9 Å². The lowest BCUT2D eigenvalue weighted by molar-refractivity contribution is -0.113. The van der Waals surface area contributed by atoms with E-state index in [1.54, 1.807) is 6.08 Å². The molecule has 0 unspecified atom stereocenters. The maximum absolute atomic E-state index is 13.5. The molecule has 200 valence electrons. The molecule has 39 heavy (non-hydrogen) atoms. The number of rotatable bonds is 9. The molecule has 11 heteroatoms. The molecule has 2 aromatic carbocycles. The van der Waals surface area contributed by atoms with Gasteiger partial charge in [-0.15, -0.1) is 17.9 Å². The van der Waals surface area contributed by atoms with Crippen molar-refractivity contribution in [2.75, 3.05) is 25.3 Å². The fraction of sp³-hybridized carbons (Fsp3) is 0.179. The normalized spacial score (nSPS) is 10.7. The molecule has 0 saturated heterocycles. The first kappa shape index (κ1) is 27.8. The molecule has 4 rings (SSSR count). The average Bonchev–Trinajstić information content (AvgIpc) is 3.37. The molecule has 0 radical (unpaired) electrons. The van der Waals surface area contributed by atoms with Crippen LogP contribution in [0.4, 0.5) is 5.69 Å². The number of thiophene rings is 1. The molecule has 2 aromatic heterocycles. The minimum Gasteiger partial charge on any atom is -0.465 e. The van der Waals surface area contributed by atoms with E-state index in [1.807, 2.05) is 36.6 Å². The fourth-order valence-corrected chi connectivity index (χ4v) is 5.65. The number of esters is 2. The van der Waals surface area contributed by atoms with Crippen molar-refractivity contribution in [1.82, 2.24) is 9.55 Å². The van der Waals surface area contributed by atoms with E-state index in [2.05, 4.69) is 16.9 Å². The number of hydrogen-bond acceptors (Lipinski definition) is 9. The molecule has 9 nitrogen and oxygen atoms in total. The van der Waals surface area contributed by atoms with Gasteiger partial charge in [0.15, 0.2) is 5.16 Å². The summed E-state index contributed by atoms with van der Waals surface area (Å²) >= 11 is 2.46. The molecule has 0 fully saturated rings. The maximum Gasteiger partial charge on any atom is 0.337 e. The number of allylic oxidation sites excluding steroid dienone is 1. The molecule has 0 atom stereocenters. The number of aryl methyl sites for hydroxylation is 1. The summed E-state index contributed by atoms with van der Waals surface area (Å²) in [6.45, 7) is 5.98. The van der Waals surface area contributed by atoms with E-state index in [0.29, 0.717) is 15.4 Å². The highest BCUT2D eigenvalue weighted by Crippen LogP contribution is 2.32. The van der Waals surface area contributed by atoms with Gasteiger partial charge in [0.25, 0.3) is 5.56 Å². The maximum atomic E-state index is 13.5. The van der Waals surface area contributed by atoms with E-state index < -0.39 is 17.8 Å². The van der Waals surface area contributed by atoms with Gasteiger partial charge in [-0.3, -0.25) is 14.2 Å². The van der Waals surface area contributed by atoms with Crippen molar-refractivity contribution in [3.63, 3.8) is 0 Å². The van der Waals surface area contributed by atoms with Crippen molar-refractivity contribution in [3.8, 4) is 11.1 Å². The first-order valence-electron chi connectivity index (χ1n) is 11.7. The van der Waals surface area contributed by atoms with Crippen LogP contribution >= 0.6 is 23.1 Å². The number of carbonyl (C=O) groups excluding carboxylic acids is 3. The smallest absolute Gasteiger partial charge is 0.337 e. The Bertz CT molecular complexity index is 1610. The Morgan fingerprint density at radius 2 is 1.72 bits per heavy atom. The molecular formula is C28H25N3O6S2. The minimum atomic E-state index is -0.669. The summed E-state index contributed by atoms with van der Waals surface area (Å²) in [7, 11) is 2.43. The molecule has 0 aliphatic rings. The Kier molecular flexibility index (Phi) is 8.62. The summed E-state index contributed by atoms with van der Waals surface area (Å²) in [6.07, 6.45) is 1.60. The Labute approximate surface area is 232 Å². The molecule has 0 aliphatic carbocycles. The van der Waals surface area contributed by atoms with Gasteiger partial charge < -0.3 is 14.8 Å². The lowest BCUT2D eigenvalue weighted by atomic mass is 10.1. The molecule has 1 N–H and O–H groups in total. The van der Waals surface area contributed by atoms with Gasteiger partial charge in [0, 0.05) is 23.2 Å². The summed E-state index contributed by atoms with van der Waals surface area (Å²) in [5, 5.41) is 5.49. The number of nitrogens with zero attached hydrogens (tertiary/aromatic N) is 2. The second-order valence-electron chi connectivity index (χ2n) is 8.41. The van der Waals surface area contributed by atoms with Crippen LogP contribution in [0.2, 0.25) is 0 Å². The largest absolute Gasteiger partial charge is 0.465 e. The molecule has 0 aliphatic heterocycles. The van der Waals surface area contributed by atoms with Crippen molar-refractivity contribution in [2.45, 2.75) is 18.6 Å². The summed E-state index contributed by atoms with van der Waals surface area (Å²) in [4.78, 5) is 55.7. The van der Waals surface area contributed by atoms with E-state index in [0.717, 1.165) is 28.5 Å². The SMILES string of the molecule is C=CCn1c(SCC(=O)Nc2cc(C(=O)OC)cc(C(=O)OC)c2)nc2scc(-c3ccc(C)cc3)c2c1=O. The van der Waals surface area contributed by atoms with E-state index in [-0.39, 0.29) is 34.7 Å². The number of aromatic nitrogens is 2. The van der Waals surface area contributed by atoms with Gasteiger partial charge in [-0.05, 0) is 30.7 Å². The molecule has 4 aromatic rings. The number of anilines is 1. The van der Waals surface area contributed by atoms with Crippen molar-refractivity contribution >= 4 is 56.8 Å². The second kappa shape index (κ2) is 12.1. The summed E-state index contributed by atoms with van der Waals surface area (Å²) in [5.41, 5.74) is 3.03. The van der Waals surface area contributed by atoms with Crippen LogP contribution in [0.25, 0.3) is 21.3 Å². The van der Waals surface area contributed by atoms with E-state index in [4.69, 9.17) is 9.47 Å². The number of fused-ring (bicyclic) bond motifs is 1. The third kappa shape index (κ3) is 6.10. The summed E-state index contributed by atoms with van der Waals surface area (Å²) in [6, 6.07) is 12.1. The van der Waals surface area contributed by atoms with Gasteiger partial charge in [0.05, 0.1) is 36.5 Å². The number of ether oxygens (including phenoxy) is 2. The number of hydrogen-bond donors (Lipinski definition) is 1. The molecule has 0 saturated carbocycles. The van der Waals surface area contributed by atoms with E-state index in [1.165, 1.54) is 48.3 Å². The van der Waals surface area contributed by atoms with Gasteiger partial charge in [-0.1, -0.05) is 47.7 Å². The zero-order chi connectivity index (χ0) is 28.1. The van der Waals surface area contributed by atoms with Gasteiger partial charge in [-0.2, -0.15) is 0 Å². The number of benzene rings is 2. The highest BCUT2D eigenvalue weighted by molar-refractivity contribution is 7.99. The topological polar surface area (TPSA) is 117 Å². The molecule has 0 spiro atoms. The van der Waals surface area contributed by atoms with Crippen LogP contribution in [-0.4, -0.2) is 47.4 Å². The minimum absolute atomic E-state index is 0.0809. The Morgan fingerprint density at radius 3 is 2.31 bits per heavy atom. The van der Waals surface area contributed by atoms with Crippen molar-refractivity contribution in [1.29, 1.82) is 0 Å². The van der Waals surface area contributed by atoms with Crippen molar-refractivity contribution < 1.29 is 23.9 Å². The molecule has 0 bridgehead atoms. The fourth-order valence-electron chi connectivity index (χ4n) is 3.85. The average molecular weight is 564 g/mol. The van der Waals surface area contributed by atoms with Crippen LogP contribution in [0.5, 0.6) is 0 Å². The lowest BCUT2D eigenvalue weighted by Gasteiger charge is -2.12. The predicted molar refractivity (Wildman–Crippen MR) is 153 cm³/mol. The number of carbonyl (C=O) groups is 3. The van der Waals surface area contributed by atoms with Crippen LogP contribution in [0.1, 0.15) is 26.3 Å². The Morgan fingerprint density at radius 1 is 1.08 bits per heavy atom. The van der Waals surface area contributed by atoms with E-state index in [9.17, 15) is 19.2 Å². The standard InChI is InChI=1S/C28H25N3O6S2/c1-5-10-31-25(33)23-21(17-8-6-16(2)7-9-17)14-38-24(23)30-28(31)39-15-22(32)29-20-12-18(26(34)36-3)11-19(13-20)27(35)37-4/h5-9,11-14H,1,10,15H2,2-4H3,(H,29,32). The lowest BCUT2D eigenvalue weighted by Crippen LogP contribution is -2.23. The quantitative estimate of drug-likeness (QED) is 0.132. The number of methoxy groups -OCH3 is 2. The van der Waals surface area contributed by atoms with Crippen molar-refractivity contribution in [3.05, 3.63) is 87.5 Å².